The van der Waals surface area contributed by atoms with Crippen molar-refractivity contribution in [1.29, 1.82) is 0 Å². The lowest BCUT2D eigenvalue weighted by molar-refractivity contribution is 1.09. The third-order valence-corrected chi connectivity index (χ3v) is 2.32. The summed E-state index contributed by atoms with van der Waals surface area (Å²) in [6.45, 7) is 10.2. The number of aromatic nitrogens is 2. The van der Waals surface area contributed by atoms with Crippen LogP contribution in [0.25, 0.3) is 5.65 Å². The fourth-order valence-electron chi connectivity index (χ4n) is 1.44. The molecule has 0 atom stereocenters. The Hall–Kier alpha value is -1.31. The van der Waals surface area contributed by atoms with E-state index in [1.165, 1.54) is 11.3 Å². The average molecular weight is 190 g/mol. The number of hydrogen-bond acceptors (Lipinski definition) is 1. The SMILES string of the molecule is CC.Cc1nc2c(C)cccn2c1C. The van der Waals surface area contributed by atoms with Crippen molar-refractivity contribution in [3.63, 3.8) is 0 Å². The van der Waals surface area contributed by atoms with Gasteiger partial charge in [-0.05, 0) is 32.4 Å². The molecule has 0 bridgehead atoms. The Balaban J connectivity index is 0.000000461. The largest absolute Gasteiger partial charge is 0.304 e. The van der Waals surface area contributed by atoms with Crippen molar-refractivity contribution < 1.29 is 0 Å². The van der Waals surface area contributed by atoms with Gasteiger partial charge in [-0.25, -0.2) is 4.98 Å². The van der Waals surface area contributed by atoms with E-state index in [0.29, 0.717) is 0 Å². The molecule has 0 saturated heterocycles. The Morgan fingerprint density at radius 2 is 1.79 bits per heavy atom. The van der Waals surface area contributed by atoms with Gasteiger partial charge in [0.1, 0.15) is 5.65 Å². The second-order valence-electron chi connectivity index (χ2n) is 3.17. The van der Waals surface area contributed by atoms with Gasteiger partial charge in [0.2, 0.25) is 0 Å². The van der Waals surface area contributed by atoms with Crippen molar-refractivity contribution >= 4 is 5.65 Å². The molecule has 14 heavy (non-hydrogen) atoms. The molecule has 0 saturated carbocycles. The first kappa shape index (κ1) is 10.8. The maximum absolute atomic E-state index is 4.48. The van der Waals surface area contributed by atoms with E-state index in [2.05, 4.69) is 41.6 Å². The van der Waals surface area contributed by atoms with Crippen LogP contribution in [-0.4, -0.2) is 9.38 Å². The molecular formula is C12H18N2. The number of hydrogen-bond donors (Lipinski definition) is 0. The Morgan fingerprint density at radius 3 is 2.36 bits per heavy atom. The summed E-state index contributed by atoms with van der Waals surface area (Å²) >= 11 is 0. The van der Waals surface area contributed by atoms with Crippen molar-refractivity contribution in [1.82, 2.24) is 9.38 Å². The van der Waals surface area contributed by atoms with Crippen LogP contribution < -0.4 is 0 Å². The van der Waals surface area contributed by atoms with Gasteiger partial charge >= 0.3 is 0 Å². The van der Waals surface area contributed by atoms with Crippen molar-refractivity contribution in [2.45, 2.75) is 34.6 Å². The molecule has 0 aliphatic carbocycles. The van der Waals surface area contributed by atoms with E-state index in [-0.39, 0.29) is 0 Å². The van der Waals surface area contributed by atoms with Gasteiger partial charge in [0, 0.05) is 11.9 Å². The zero-order valence-electron chi connectivity index (χ0n) is 9.63. The Labute approximate surface area is 85.6 Å². The van der Waals surface area contributed by atoms with Crippen molar-refractivity contribution in [2.24, 2.45) is 0 Å². The number of pyridine rings is 1. The van der Waals surface area contributed by atoms with Crippen LogP contribution in [-0.2, 0) is 0 Å². The molecule has 0 aliphatic heterocycles. The van der Waals surface area contributed by atoms with E-state index in [9.17, 15) is 0 Å². The molecule has 0 amide bonds. The van der Waals surface area contributed by atoms with Gasteiger partial charge in [-0.3, -0.25) is 0 Å². The minimum atomic E-state index is 1.08. The Morgan fingerprint density at radius 1 is 1.14 bits per heavy atom. The van der Waals surface area contributed by atoms with E-state index in [1.807, 2.05) is 20.8 Å². The third kappa shape index (κ3) is 1.65. The number of rotatable bonds is 0. The lowest BCUT2D eigenvalue weighted by Gasteiger charge is -1.97. The predicted octanol–water partition coefficient (Wildman–Crippen LogP) is 3.29. The summed E-state index contributed by atoms with van der Waals surface area (Å²) in [5.41, 5.74) is 4.65. The summed E-state index contributed by atoms with van der Waals surface area (Å²) in [5, 5.41) is 0. The minimum Gasteiger partial charge on any atom is -0.304 e. The van der Waals surface area contributed by atoms with Crippen LogP contribution in [0.15, 0.2) is 18.3 Å². The van der Waals surface area contributed by atoms with Crippen molar-refractivity contribution in [2.75, 3.05) is 0 Å². The van der Waals surface area contributed by atoms with Gasteiger partial charge in [0.05, 0.1) is 5.69 Å². The van der Waals surface area contributed by atoms with E-state index >= 15 is 0 Å². The van der Waals surface area contributed by atoms with Gasteiger partial charge in [0.25, 0.3) is 0 Å². The molecule has 0 radical (unpaired) electrons. The second-order valence-corrected chi connectivity index (χ2v) is 3.17. The second kappa shape index (κ2) is 4.27. The van der Waals surface area contributed by atoms with Gasteiger partial charge < -0.3 is 4.40 Å². The summed E-state index contributed by atoms with van der Waals surface area (Å²) in [6.07, 6.45) is 2.05. The number of imidazole rings is 1. The molecule has 0 unspecified atom stereocenters. The van der Waals surface area contributed by atoms with Gasteiger partial charge in [-0.15, -0.1) is 0 Å². The van der Waals surface area contributed by atoms with Gasteiger partial charge in [-0.1, -0.05) is 19.9 Å². The molecule has 2 nitrogen and oxygen atoms in total. The zero-order valence-corrected chi connectivity index (χ0v) is 9.63. The maximum atomic E-state index is 4.48. The smallest absolute Gasteiger partial charge is 0.140 e. The number of nitrogens with zero attached hydrogens (tertiary/aromatic N) is 2. The number of fused-ring (bicyclic) bond motifs is 1. The van der Waals surface area contributed by atoms with Crippen LogP contribution in [0.5, 0.6) is 0 Å². The van der Waals surface area contributed by atoms with E-state index < -0.39 is 0 Å². The summed E-state index contributed by atoms with van der Waals surface area (Å²) in [7, 11) is 0. The minimum absolute atomic E-state index is 1.08. The molecule has 0 fully saturated rings. The molecule has 2 aromatic heterocycles. The van der Waals surface area contributed by atoms with Crippen molar-refractivity contribution in [3.8, 4) is 0 Å². The first-order valence-corrected chi connectivity index (χ1v) is 5.11. The maximum Gasteiger partial charge on any atom is 0.140 e. The van der Waals surface area contributed by atoms with Crippen LogP contribution in [0.1, 0.15) is 30.8 Å². The molecule has 0 N–H and O–H groups in total. The zero-order chi connectivity index (χ0) is 10.7. The summed E-state index contributed by atoms with van der Waals surface area (Å²) < 4.78 is 2.13. The van der Waals surface area contributed by atoms with Crippen LogP contribution in [0.4, 0.5) is 0 Å². The highest BCUT2D eigenvalue weighted by atomic mass is 15.0. The molecule has 76 valence electrons. The summed E-state index contributed by atoms with van der Waals surface area (Å²) in [4.78, 5) is 4.48. The highest BCUT2D eigenvalue weighted by molar-refractivity contribution is 5.49. The third-order valence-electron chi connectivity index (χ3n) is 2.32. The average Bonchev–Trinajstić information content (AvgIpc) is 2.50. The molecule has 2 aromatic rings. The van der Waals surface area contributed by atoms with E-state index in [0.717, 1.165) is 11.3 Å². The fraction of sp³-hybridized carbons (Fsp3) is 0.417. The molecule has 0 aromatic carbocycles. The first-order chi connectivity index (χ1) is 6.70. The monoisotopic (exact) mass is 190 g/mol. The standard InChI is InChI=1S/C10H12N2.C2H6/c1-7-5-4-6-12-9(3)8(2)11-10(7)12;1-2/h4-6H,1-3H3;1-2H3. The molecule has 0 aliphatic rings. The Kier molecular flexibility index (Phi) is 3.28. The first-order valence-electron chi connectivity index (χ1n) is 5.11. The van der Waals surface area contributed by atoms with Crippen LogP contribution >= 0.6 is 0 Å². The lowest BCUT2D eigenvalue weighted by atomic mass is 10.3. The molecule has 0 spiro atoms. The normalized spacial score (nSPS) is 9.79. The number of aryl methyl sites for hydroxylation is 3. The predicted molar refractivity (Wildman–Crippen MR) is 60.8 cm³/mol. The summed E-state index contributed by atoms with van der Waals surface area (Å²) in [6, 6.07) is 4.14. The Bertz CT molecular complexity index is 427. The highest BCUT2D eigenvalue weighted by Crippen LogP contribution is 2.13. The van der Waals surface area contributed by atoms with Gasteiger partial charge in [-0.2, -0.15) is 0 Å². The quantitative estimate of drug-likeness (QED) is 0.623. The van der Waals surface area contributed by atoms with Crippen LogP contribution in [0, 0.1) is 20.8 Å². The molecule has 2 heterocycles. The van der Waals surface area contributed by atoms with Gasteiger partial charge in [0.15, 0.2) is 0 Å². The lowest BCUT2D eigenvalue weighted by Crippen LogP contribution is -1.88. The van der Waals surface area contributed by atoms with Crippen molar-refractivity contribution in [3.05, 3.63) is 35.3 Å². The molecular weight excluding hydrogens is 172 g/mol. The highest BCUT2D eigenvalue weighted by Gasteiger charge is 2.04. The van der Waals surface area contributed by atoms with E-state index in [1.54, 1.807) is 0 Å². The van der Waals surface area contributed by atoms with E-state index in [4.69, 9.17) is 0 Å². The molecule has 2 rings (SSSR count). The fourth-order valence-corrected chi connectivity index (χ4v) is 1.44. The molecule has 2 heteroatoms. The summed E-state index contributed by atoms with van der Waals surface area (Å²) in [5.74, 6) is 0. The topological polar surface area (TPSA) is 17.3 Å². The van der Waals surface area contributed by atoms with Crippen LogP contribution in [0.3, 0.4) is 0 Å². The van der Waals surface area contributed by atoms with Crippen LogP contribution in [0.2, 0.25) is 0 Å².